The fraction of sp³-hybridized carbons (Fsp3) is 0.364. The summed E-state index contributed by atoms with van der Waals surface area (Å²) in [7, 11) is 0. The van der Waals surface area contributed by atoms with Gasteiger partial charge in [0.15, 0.2) is 0 Å². The molecule has 4 rings (SSSR count). The Morgan fingerprint density at radius 1 is 0.964 bits per heavy atom. The normalized spacial score (nSPS) is 20.0. The highest BCUT2D eigenvalue weighted by atomic mass is 35.5. The quantitative estimate of drug-likeness (QED) is 0.796. The molecule has 0 saturated carbocycles. The highest BCUT2D eigenvalue weighted by Gasteiger charge is 2.37. The van der Waals surface area contributed by atoms with Crippen molar-refractivity contribution >= 4 is 29.1 Å². The minimum atomic E-state index is -0.252. The van der Waals surface area contributed by atoms with Gasteiger partial charge in [0.25, 0.3) is 0 Å². The number of halogens is 1. The Morgan fingerprint density at radius 3 is 2.36 bits per heavy atom. The number of carbonyl (C=O) groups excluding carboxylic acids is 2. The van der Waals surface area contributed by atoms with Crippen molar-refractivity contribution < 1.29 is 9.59 Å². The molecule has 0 unspecified atom stereocenters. The van der Waals surface area contributed by atoms with Crippen molar-refractivity contribution in [1.82, 2.24) is 9.80 Å². The highest BCUT2D eigenvalue weighted by molar-refractivity contribution is 6.31. The zero-order chi connectivity index (χ0) is 19.5. The second-order valence-electron chi connectivity index (χ2n) is 7.41. The van der Waals surface area contributed by atoms with Crippen LogP contribution in [0.25, 0.3) is 0 Å². The van der Waals surface area contributed by atoms with E-state index in [1.807, 2.05) is 47.4 Å². The molecule has 2 fully saturated rings. The molecular weight excluding hydrogens is 374 g/mol. The minimum Gasteiger partial charge on any atom is -0.368 e. The van der Waals surface area contributed by atoms with Crippen LogP contribution in [0.5, 0.6) is 0 Å². The van der Waals surface area contributed by atoms with E-state index in [0.717, 1.165) is 18.7 Å². The average molecular weight is 398 g/mol. The van der Waals surface area contributed by atoms with Crippen LogP contribution in [0, 0.1) is 5.92 Å². The largest absolute Gasteiger partial charge is 0.368 e. The van der Waals surface area contributed by atoms with Crippen molar-refractivity contribution in [2.45, 2.75) is 13.0 Å². The predicted octanol–water partition coefficient (Wildman–Crippen LogP) is 3.04. The van der Waals surface area contributed by atoms with Gasteiger partial charge in [0.05, 0.1) is 5.92 Å². The SMILES string of the molecule is O=C1C[C@H](C(=O)N2CCN(c3ccccc3)CC2)CN1Cc1ccccc1Cl. The van der Waals surface area contributed by atoms with E-state index in [0.29, 0.717) is 37.6 Å². The van der Waals surface area contributed by atoms with E-state index >= 15 is 0 Å². The molecule has 0 N–H and O–H groups in total. The van der Waals surface area contributed by atoms with Crippen molar-refractivity contribution in [3.05, 3.63) is 65.2 Å². The molecule has 2 aliphatic heterocycles. The molecule has 2 amide bonds. The summed E-state index contributed by atoms with van der Waals surface area (Å²) < 4.78 is 0. The van der Waals surface area contributed by atoms with Gasteiger partial charge in [-0.05, 0) is 23.8 Å². The number of amides is 2. The molecule has 0 aromatic heterocycles. The summed E-state index contributed by atoms with van der Waals surface area (Å²) in [5.74, 6) is -0.123. The maximum atomic E-state index is 13.0. The number of para-hydroxylation sites is 1. The molecule has 146 valence electrons. The monoisotopic (exact) mass is 397 g/mol. The van der Waals surface area contributed by atoms with Gasteiger partial charge >= 0.3 is 0 Å². The van der Waals surface area contributed by atoms with Crippen LogP contribution in [0.2, 0.25) is 5.02 Å². The third kappa shape index (κ3) is 3.99. The second kappa shape index (κ2) is 8.23. The molecule has 0 aliphatic carbocycles. The number of carbonyl (C=O) groups is 2. The topological polar surface area (TPSA) is 43.9 Å². The van der Waals surface area contributed by atoms with Crippen LogP contribution in [0.4, 0.5) is 5.69 Å². The van der Waals surface area contributed by atoms with E-state index in [9.17, 15) is 9.59 Å². The Labute approximate surface area is 170 Å². The van der Waals surface area contributed by atoms with Crippen molar-refractivity contribution in [3.8, 4) is 0 Å². The van der Waals surface area contributed by atoms with Gasteiger partial charge in [-0.1, -0.05) is 48.0 Å². The molecule has 2 heterocycles. The number of hydrogen-bond donors (Lipinski definition) is 0. The Bertz CT molecular complexity index is 850. The second-order valence-corrected chi connectivity index (χ2v) is 7.82. The average Bonchev–Trinajstić information content (AvgIpc) is 3.10. The minimum absolute atomic E-state index is 0.0289. The van der Waals surface area contributed by atoms with Gasteiger partial charge in [-0.15, -0.1) is 0 Å². The van der Waals surface area contributed by atoms with Crippen LogP contribution in [0.15, 0.2) is 54.6 Å². The van der Waals surface area contributed by atoms with Gasteiger partial charge in [-0.25, -0.2) is 0 Å². The van der Waals surface area contributed by atoms with E-state index in [-0.39, 0.29) is 17.7 Å². The van der Waals surface area contributed by atoms with E-state index in [1.165, 1.54) is 5.69 Å². The lowest BCUT2D eigenvalue weighted by Gasteiger charge is -2.37. The number of anilines is 1. The van der Waals surface area contributed by atoms with Crippen molar-refractivity contribution in [1.29, 1.82) is 0 Å². The zero-order valence-electron chi connectivity index (χ0n) is 15.8. The maximum Gasteiger partial charge on any atom is 0.228 e. The van der Waals surface area contributed by atoms with Gasteiger partial charge in [0.2, 0.25) is 11.8 Å². The van der Waals surface area contributed by atoms with Crippen LogP contribution in [-0.4, -0.2) is 54.3 Å². The molecule has 2 aliphatic rings. The molecule has 6 heteroatoms. The van der Waals surface area contributed by atoms with E-state index in [4.69, 9.17) is 11.6 Å². The fourth-order valence-corrected chi connectivity index (χ4v) is 4.20. The Balaban J connectivity index is 1.33. The Kier molecular flexibility index (Phi) is 5.53. The zero-order valence-corrected chi connectivity index (χ0v) is 16.5. The molecule has 5 nitrogen and oxygen atoms in total. The summed E-state index contributed by atoms with van der Waals surface area (Å²) in [6.45, 7) is 3.97. The standard InChI is InChI=1S/C22H24ClN3O2/c23-20-9-5-4-6-17(20)15-26-16-18(14-21(26)27)22(28)25-12-10-24(11-13-25)19-7-2-1-3-8-19/h1-9,18H,10-16H2/t18-/m0/s1. The van der Waals surface area contributed by atoms with Crippen molar-refractivity contribution in [2.75, 3.05) is 37.6 Å². The molecule has 2 saturated heterocycles. The Hall–Kier alpha value is -2.53. The number of nitrogens with zero attached hydrogens (tertiary/aromatic N) is 3. The Morgan fingerprint density at radius 2 is 1.64 bits per heavy atom. The fourth-order valence-electron chi connectivity index (χ4n) is 4.00. The van der Waals surface area contributed by atoms with Crippen molar-refractivity contribution in [3.63, 3.8) is 0 Å². The van der Waals surface area contributed by atoms with Crippen LogP contribution >= 0.6 is 11.6 Å². The third-order valence-corrected chi connectivity index (χ3v) is 5.96. The smallest absolute Gasteiger partial charge is 0.228 e. The third-order valence-electron chi connectivity index (χ3n) is 5.60. The molecule has 0 bridgehead atoms. The van der Waals surface area contributed by atoms with E-state index in [1.54, 1.807) is 4.90 Å². The van der Waals surface area contributed by atoms with Gasteiger partial charge in [-0.2, -0.15) is 0 Å². The lowest BCUT2D eigenvalue weighted by atomic mass is 10.1. The summed E-state index contributed by atoms with van der Waals surface area (Å²) in [6, 6.07) is 17.8. The summed E-state index contributed by atoms with van der Waals surface area (Å²) in [4.78, 5) is 31.4. The van der Waals surface area contributed by atoms with E-state index < -0.39 is 0 Å². The molecule has 2 aromatic carbocycles. The van der Waals surface area contributed by atoms with Gasteiger partial charge in [0.1, 0.15) is 0 Å². The number of hydrogen-bond acceptors (Lipinski definition) is 3. The van der Waals surface area contributed by atoms with Crippen molar-refractivity contribution in [2.24, 2.45) is 5.92 Å². The van der Waals surface area contributed by atoms with Crippen LogP contribution in [0.1, 0.15) is 12.0 Å². The number of likely N-dealkylation sites (tertiary alicyclic amines) is 1. The summed E-state index contributed by atoms with van der Waals surface area (Å²) in [6.07, 6.45) is 0.294. The summed E-state index contributed by atoms with van der Waals surface area (Å²) in [5.41, 5.74) is 2.11. The summed E-state index contributed by atoms with van der Waals surface area (Å²) in [5, 5.41) is 0.655. The van der Waals surface area contributed by atoms with Gasteiger partial charge < -0.3 is 14.7 Å². The summed E-state index contributed by atoms with van der Waals surface area (Å²) >= 11 is 6.22. The first kappa shape index (κ1) is 18.8. The molecule has 28 heavy (non-hydrogen) atoms. The van der Waals surface area contributed by atoms with E-state index in [2.05, 4.69) is 17.0 Å². The predicted molar refractivity (Wildman–Crippen MR) is 110 cm³/mol. The molecule has 1 atom stereocenters. The highest BCUT2D eigenvalue weighted by Crippen LogP contribution is 2.25. The van der Waals surface area contributed by atoms with Gasteiger partial charge in [0, 0.05) is 56.4 Å². The lowest BCUT2D eigenvalue weighted by Crippen LogP contribution is -2.50. The first-order chi connectivity index (χ1) is 13.6. The van der Waals surface area contributed by atoms with Crippen LogP contribution in [-0.2, 0) is 16.1 Å². The van der Waals surface area contributed by atoms with Crippen LogP contribution in [0.3, 0.4) is 0 Å². The molecule has 2 aromatic rings. The van der Waals surface area contributed by atoms with Crippen LogP contribution < -0.4 is 4.90 Å². The molecular formula is C22H24ClN3O2. The number of rotatable bonds is 4. The lowest BCUT2D eigenvalue weighted by molar-refractivity contribution is -0.136. The molecule has 0 spiro atoms. The van der Waals surface area contributed by atoms with Gasteiger partial charge in [-0.3, -0.25) is 9.59 Å². The first-order valence-corrected chi connectivity index (χ1v) is 10.1. The molecule has 0 radical (unpaired) electrons. The maximum absolute atomic E-state index is 13.0. The first-order valence-electron chi connectivity index (χ1n) is 9.72. The number of piperazine rings is 1. The number of benzene rings is 2.